The molecule has 1 aliphatic rings. The second-order valence-corrected chi connectivity index (χ2v) is 4.53. The molecule has 92 valence electrons. The van der Waals surface area contributed by atoms with Gasteiger partial charge in [-0.05, 0) is 6.07 Å². The highest BCUT2D eigenvalue weighted by Gasteiger charge is 2.21. The zero-order valence-corrected chi connectivity index (χ0v) is 10.5. The summed E-state index contributed by atoms with van der Waals surface area (Å²) in [4.78, 5) is 6.76. The lowest BCUT2D eigenvalue weighted by atomic mass is 10.2. The molecule has 18 heavy (non-hydrogen) atoms. The van der Waals surface area contributed by atoms with Gasteiger partial charge in [0.25, 0.3) is 0 Å². The van der Waals surface area contributed by atoms with E-state index in [9.17, 15) is 0 Å². The number of nitrogens with zero attached hydrogens (tertiary/aromatic N) is 5. The Bertz CT molecular complexity index is 593. The van der Waals surface area contributed by atoms with Crippen LogP contribution in [-0.4, -0.2) is 31.3 Å². The highest BCUT2D eigenvalue weighted by Crippen LogP contribution is 2.21. The molecule has 0 atom stereocenters. The number of anilines is 1. The van der Waals surface area contributed by atoms with Crippen molar-refractivity contribution < 1.29 is 0 Å². The van der Waals surface area contributed by atoms with Gasteiger partial charge in [-0.2, -0.15) is 5.10 Å². The Hall–Kier alpha value is -2.02. The predicted octanol–water partition coefficient (Wildman–Crippen LogP) is 0.327. The minimum absolute atomic E-state index is 0.341. The first-order valence-electron chi connectivity index (χ1n) is 5.62. The molecule has 0 bridgehead atoms. The summed E-state index contributed by atoms with van der Waals surface area (Å²) in [6, 6.07) is 1.80. The van der Waals surface area contributed by atoms with Crippen LogP contribution in [0.1, 0.15) is 11.4 Å². The molecule has 0 spiro atoms. The first-order valence-corrected chi connectivity index (χ1v) is 6.03. The Labute approximate surface area is 109 Å². The van der Waals surface area contributed by atoms with Crippen molar-refractivity contribution in [2.24, 2.45) is 5.73 Å². The Kier molecular flexibility index (Phi) is 2.67. The van der Waals surface area contributed by atoms with Crippen LogP contribution in [-0.2, 0) is 13.1 Å². The second-order valence-electron chi connectivity index (χ2n) is 4.09. The first kappa shape index (κ1) is 11.1. The Morgan fingerprint density at radius 2 is 2.22 bits per heavy atom. The third kappa shape index (κ3) is 1.82. The van der Waals surface area contributed by atoms with Gasteiger partial charge in [-0.1, -0.05) is 12.2 Å². The van der Waals surface area contributed by atoms with Crippen LogP contribution in [0.2, 0.25) is 0 Å². The average Bonchev–Trinajstić information content (AvgIpc) is 2.85. The standard InChI is InChI=1S/C11H12N6S/c12-10(18)8-1-2-14-15-11(8)17-6-5-16-4-3-13-9(16)7-17/h1-4H,5-7H2,(H2,12,18). The molecule has 3 heterocycles. The Balaban J connectivity index is 1.95. The number of hydrogen-bond acceptors (Lipinski definition) is 5. The van der Waals surface area contributed by atoms with Crippen LogP contribution >= 0.6 is 12.2 Å². The summed E-state index contributed by atoms with van der Waals surface area (Å²) in [5.41, 5.74) is 6.48. The SMILES string of the molecule is NC(=S)c1ccnnc1N1CCn2ccnc2C1. The van der Waals surface area contributed by atoms with Crippen molar-refractivity contribution in [2.45, 2.75) is 13.1 Å². The lowest BCUT2D eigenvalue weighted by molar-refractivity contribution is 0.554. The molecule has 6 nitrogen and oxygen atoms in total. The summed E-state index contributed by atoms with van der Waals surface area (Å²) >= 11 is 5.04. The Morgan fingerprint density at radius 3 is 3.06 bits per heavy atom. The van der Waals surface area contributed by atoms with Crippen molar-refractivity contribution in [1.29, 1.82) is 0 Å². The lowest BCUT2D eigenvalue weighted by Crippen LogP contribution is -2.35. The zero-order chi connectivity index (χ0) is 12.5. The summed E-state index contributed by atoms with van der Waals surface area (Å²) < 4.78 is 2.13. The van der Waals surface area contributed by atoms with Gasteiger partial charge < -0.3 is 15.2 Å². The smallest absolute Gasteiger partial charge is 0.161 e. The lowest BCUT2D eigenvalue weighted by Gasteiger charge is -2.29. The molecule has 0 unspecified atom stereocenters. The van der Waals surface area contributed by atoms with Gasteiger partial charge in [0.15, 0.2) is 5.82 Å². The fourth-order valence-electron chi connectivity index (χ4n) is 2.10. The normalized spacial score (nSPS) is 14.3. The maximum absolute atomic E-state index is 5.71. The van der Waals surface area contributed by atoms with Gasteiger partial charge in [-0.15, -0.1) is 5.10 Å². The van der Waals surface area contributed by atoms with Crippen LogP contribution in [0, 0.1) is 0 Å². The minimum Gasteiger partial charge on any atom is -0.389 e. The number of rotatable bonds is 2. The van der Waals surface area contributed by atoms with Gasteiger partial charge in [0.1, 0.15) is 10.8 Å². The van der Waals surface area contributed by atoms with Crippen molar-refractivity contribution in [3.8, 4) is 0 Å². The number of fused-ring (bicyclic) bond motifs is 1. The van der Waals surface area contributed by atoms with E-state index >= 15 is 0 Å². The van der Waals surface area contributed by atoms with Crippen molar-refractivity contribution in [3.63, 3.8) is 0 Å². The van der Waals surface area contributed by atoms with E-state index in [1.54, 1.807) is 12.3 Å². The molecule has 1 aliphatic heterocycles. The fourth-order valence-corrected chi connectivity index (χ4v) is 2.26. The predicted molar refractivity (Wildman–Crippen MR) is 71.2 cm³/mol. The molecule has 0 radical (unpaired) electrons. The van der Waals surface area contributed by atoms with E-state index in [0.29, 0.717) is 11.5 Å². The molecule has 7 heteroatoms. The summed E-state index contributed by atoms with van der Waals surface area (Å²) in [5.74, 6) is 1.75. The molecule has 0 fully saturated rings. The van der Waals surface area contributed by atoms with Crippen LogP contribution in [0.15, 0.2) is 24.7 Å². The van der Waals surface area contributed by atoms with Crippen molar-refractivity contribution >= 4 is 23.0 Å². The highest BCUT2D eigenvalue weighted by atomic mass is 32.1. The van der Waals surface area contributed by atoms with E-state index < -0.39 is 0 Å². The number of hydrogen-bond donors (Lipinski definition) is 1. The van der Waals surface area contributed by atoms with Crippen molar-refractivity contribution in [3.05, 3.63) is 36.0 Å². The van der Waals surface area contributed by atoms with E-state index in [2.05, 4.69) is 24.6 Å². The molecule has 2 N–H and O–H groups in total. The van der Waals surface area contributed by atoms with Gasteiger partial charge in [-0.25, -0.2) is 4.98 Å². The highest BCUT2D eigenvalue weighted by molar-refractivity contribution is 7.80. The molecule has 3 rings (SSSR count). The van der Waals surface area contributed by atoms with Crippen LogP contribution < -0.4 is 10.6 Å². The molecular weight excluding hydrogens is 248 g/mol. The fraction of sp³-hybridized carbons (Fsp3) is 0.273. The monoisotopic (exact) mass is 260 g/mol. The first-order chi connectivity index (χ1) is 8.75. The molecule has 0 amide bonds. The van der Waals surface area contributed by atoms with Gasteiger partial charge in [0, 0.05) is 25.5 Å². The molecule has 2 aromatic heterocycles. The quantitative estimate of drug-likeness (QED) is 0.784. The van der Waals surface area contributed by atoms with Crippen LogP contribution in [0.4, 0.5) is 5.82 Å². The van der Waals surface area contributed by atoms with Crippen molar-refractivity contribution in [2.75, 3.05) is 11.4 Å². The number of thiocarbonyl (C=S) groups is 1. The number of aromatic nitrogens is 4. The van der Waals surface area contributed by atoms with Gasteiger partial charge >= 0.3 is 0 Å². The number of imidazole rings is 1. The zero-order valence-electron chi connectivity index (χ0n) is 9.65. The van der Waals surface area contributed by atoms with Crippen LogP contribution in [0.5, 0.6) is 0 Å². The van der Waals surface area contributed by atoms with E-state index in [1.165, 1.54) is 0 Å². The molecule has 2 aromatic rings. The third-order valence-electron chi connectivity index (χ3n) is 3.01. The molecule has 0 saturated heterocycles. The van der Waals surface area contributed by atoms with E-state index in [1.807, 2.05) is 12.4 Å². The van der Waals surface area contributed by atoms with E-state index in [0.717, 1.165) is 30.3 Å². The second kappa shape index (κ2) is 4.34. The molecule has 0 saturated carbocycles. The molecule has 0 aliphatic carbocycles. The topological polar surface area (TPSA) is 72.9 Å². The summed E-state index contributed by atoms with van der Waals surface area (Å²) in [5, 5.41) is 8.06. The Morgan fingerprint density at radius 1 is 1.33 bits per heavy atom. The largest absolute Gasteiger partial charge is 0.389 e. The van der Waals surface area contributed by atoms with Gasteiger partial charge in [0.05, 0.1) is 18.3 Å². The average molecular weight is 260 g/mol. The van der Waals surface area contributed by atoms with E-state index in [-0.39, 0.29) is 0 Å². The summed E-state index contributed by atoms with van der Waals surface area (Å²) in [6.45, 7) is 2.42. The van der Waals surface area contributed by atoms with E-state index in [4.69, 9.17) is 18.0 Å². The maximum atomic E-state index is 5.71. The maximum Gasteiger partial charge on any atom is 0.161 e. The molecular formula is C11H12N6S. The minimum atomic E-state index is 0.341. The van der Waals surface area contributed by atoms with Crippen LogP contribution in [0.3, 0.4) is 0 Å². The molecule has 0 aromatic carbocycles. The van der Waals surface area contributed by atoms with Crippen molar-refractivity contribution in [1.82, 2.24) is 19.7 Å². The van der Waals surface area contributed by atoms with Gasteiger partial charge in [-0.3, -0.25) is 0 Å². The van der Waals surface area contributed by atoms with Crippen LogP contribution in [0.25, 0.3) is 0 Å². The summed E-state index contributed by atoms with van der Waals surface area (Å²) in [6.07, 6.45) is 5.39. The summed E-state index contributed by atoms with van der Waals surface area (Å²) in [7, 11) is 0. The number of nitrogens with two attached hydrogens (primary N) is 1. The van der Waals surface area contributed by atoms with Gasteiger partial charge in [0.2, 0.25) is 0 Å². The third-order valence-corrected chi connectivity index (χ3v) is 3.23.